The molecule has 0 N–H and O–H groups in total. The first-order chi connectivity index (χ1) is 6.18. The van der Waals surface area contributed by atoms with Gasteiger partial charge in [-0.05, 0) is 0 Å². The Labute approximate surface area is 77.1 Å². The number of hydrogen-bond donors (Lipinski definition) is 0. The van der Waals surface area contributed by atoms with Gasteiger partial charge in [0.25, 0.3) is 0 Å². The van der Waals surface area contributed by atoms with Crippen LogP contribution in [0, 0.1) is 5.92 Å². The van der Waals surface area contributed by atoms with Gasteiger partial charge in [-0.1, -0.05) is 6.92 Å². The summed E-state index contributed by atoms with van der Waals surface area (Å²) in [6.45, 7) is 4.67. The zero-order valence-corrected chi connectivity index (χ0v) is 7.86. The van der Waals surface area contributed by atoms with Crippen molar-refractivity contribution in [3.05, 3.63) is 0 Å². The lowest BCUT2D eigenvalue weighted by Gasteiger charge is -2.15. The van der Waals surface area contributed by atoms with E-state index in [2.05, 4.69) is 6.92 Å². The molecule has 0 amide bonds. The molecule has 2 saturated heterocycles. The van der Waals surface area contributed by atoms with Crippen molar-refractivity contribution in [1.29, 1.82) is 0 Å². The van der Waals surface area contributed by atoms with Crippen molar-refractivity contribution in [2.75, 3.05) is 13.2 Å². The molecule has 4 heteroatoms. The van der Waals surface area contributed by atoms with Crippen molar-refractivity contribution in [3.63, 3.8) is 0 Å². The second kappa shape index (κ2) is 3.27. The van der Waals surface area contributed by atoms with Gasteiger partial charge in [-0.3, -0.25) is 4.79 Å². The standard InChI is InChI=1S/C9H14O4/c1-5-3-11-9-7(13-6(2)10)4-12-8(5)9/h5,7-9H,3-4H2,1-2H3. The van der Waals surface area contributed by atoms with Crippen molar-refractivity contribution in [3.8, 4) is 0 Å². The maximum Gasteiger partial charge on any atom is 0.303 e. The van der Waals surface area contributed by atoms with Gasteiger partial charge in [0.05, 0.1) is 19.3 Å². The van der Waals surface area contributed by atoms with E-state index in [0.717, 1.165) is 0 Å². The molecule has 13 heavy (non-hydrogen) atoms. The average Bonchev–Trinajstić information content (AvgIpc) is 2.56. The monoisotopic (exact) mass is 186 g/mol. The van der Waals surface area contributed by atoms with E-state index in [0.29, 0.717) is 19.1 Å². The molecule has 2 aliphatic rings. The number of ether oxygens (including phenoxy) is 3. The van der Waals surface area contributed by atoms with Crippen LogP contribution in [0.3, 0.4) is 0 Å². The Morgan fingerprint density at radius 3 is 2.69 bits per heavy atom. The Bertz CT molecular complexity index is 216. The molecule has 0 radical (unpaired) electrons. The predicted octanol–water partition coefficient (Wildman–Crippen LogP) is 0.352. The highest BCUT2D eigenvalue weighted by Crippen LogP contribution is 2.32. The lowest BCUT2D eigenvalue weighted by atomic mass is 10.0. The van der Waals surface area contributed by atoms with Gasteiger partial charge in [0.1, 0.15) is 6.10 Å². The Balaban J connectivity index is 1.98. The Kier molecular flexibility index (Phi) is 2.26. The van der Waals surface area contributed by atoms with E-state index in [1.165, 1.54) is 6.92 Å². The molecular weight excluding hydrogens is 172 g/mol. The van der Waals surface area contributed by atoms with E-state index in [-0.39, 0.29) is 24.3 Å². The highest BCUT2D eigenvalue weighted by atomic mass is 16.6. The van der Waals surface area contributed by atoms with Gasteiger partial charge < -0.3 is 14.2 Å². The van der Waals surface area contributed by atoms with Gasteiger partial charge in [0, 0.05) is 12.8 Å². The summed E-state index contributed by atoms with van der Waals surface area (Å²) in [6, 6.07) is 0. The third-order valence-electron chi connectivity index (χ3n) is 2.57. The van der Waals surface area contributed by atoms with E-state index in [9.17, 15) is 4.79 Å². The van der Waals surface area contributed by atoms with Crippen LogP contribution >= 0.6 is 0 Å². The molecule has 0 saturated carbocycles. The van der Waals surface area contributed by atoms with Crippen molar-refractivity contribution >= 4 is 5.97 Å². The lowest BCUT2D eigenvalue weighted by molar-refractivity contribution is -0.150. The minimum atomic E-state index is -0.266. The summed E-state index contributed by atoms with van der Waals surface area (Å²) in [6.07, 6.45) is -0.129. The van der Waals surface area contributed by atoms with Gasteiger partial charge in [0.2, 0.25) is 0 Å². The topological polar surface area (TPSA) is 44.8 Å². The number of rotatable bonds is 1. The molecule has 2 aliphatic heterocycles. The first-order valence-corrected chi connectivity index (χ1v) is 4.59. The van der Waals surface area contributed by atoms with Crippen LogP contribution in [-0.2, 0) is 19.0 Å². The van der Waals surface area contributed by atoms with Crippen LogP contribution in [0.4, 0.5) is 0 Å². The SMILES string of the molecule is CC(=O)OC1COC2C(C)COC12. The first kappa shape index (κ1) is 8.97. The van der Waals surface area contributed by atoms with Crippen LogP contribution in [0.2, 0.25) is 0 Å². The number of esters is 1. The van der Waals surface area contributed by atoms with E-state index in [4.69, 9.17) is 14.2 Å². The molecule has 0 aliphatic carbocycles. The number of carbonyl (C=O) groups excluding carboxylic acids is 1. The molecular formula is C9H14O4. The second-order valence-electron chi connectivity index (χ2n) is 3.72. The van der Waals surface area contributed by atoms with Crippen molar-refractivity contribution < 1.29 is 19.0 Å². The smallest absolute Gasteiger partial charge is 0.303 e. The van der Waals surface area contributed by atoms with E-state index < -0.39 is 0 Å². The van der Waals surface area contributed by atoms with Gasteiger partial charge in [0.15, 0.2) is 6.10 Å². The molecule has 0 aromatic carbocycles. The van der Waals surface area contributed by atoms with Crippen molar-refractivity contribution in [2.45, 2.75) is 32.2 Å². The fraction of sp³-hybridized carbons (Fsp3) is 0.889. The lowest BCUT2D eigenvalue weighted by Crippen LogP contribution is -2.32. The van der Waals surface area contributed by atoms with E-state index in [1.807, 2.05) is 0 Å². The van der Waals surface area contributed by atoms with Crippen LogP contribution in [0.15, 0.2) is 0 Å². The van der Waals surface area contributed by atoms with Crippen molar-refractivity contribution in [2.24, 2.45) is 5.92 Å². The predicted molar refractivity (Wildman–Crippen MR) is 44.2 cm³/mol. The van der Waals surface area contributed by atoms with Gasteiger partial charge in [-0.15, -0.1) is 0 Å². The molecule has 4 nitrogen and oxygen atoms in total. The molecule has 2 fully saturated rings. The number of hydrogen-bond acceptors (Lipinski definition) is 4. The number of carbonyl (C=O) groups is 1. The summed E-state index contributed by atoms with van der Waals surface area (Å²) in [4.78, 5) is 10.7. The molecule has 0 aromatic rings. The van der Waals surface area contributed by atoms with Crippen LogP contribution in [-0.4, -0.2) is 37.5 Å². The van der Waals surface area contributed by atoms with Crippen LogP contribution in [0.1, 0.15) is 13.8 Å². The molecule has 0 aromatic heterocycles. The Hall–Kier alpha value is -0.610. The van der Waals surface area contributed by atoms with Crippen molar-refractivity contribution in [1.82, 2.24) is 0 Å². The van der Waals surface area contributed by atoms with Gasteiger partial charge in [-0.25, -0.2) is 0 Å². The summed E-state index contributed by atoms with van der Waals surface area (Å²) < 4.78 is 16.1. The molecule has 2 rings (SSSR count). The molecule has 74 valence electrons. The zero-order chi connectivity index (χ0) is 9.42. The van der Waals surface area contributed by atoms with E-state index >= 15 is 0 Å². The van der Waals surface area contributed by atoms with E-state index in [1.54, 1.807) is 0 Å². The third kappa shape index (κ3) is 1.56. The summed E-state index contributed by atoms with van der Waals surface area (Å²) in [5, 5.41) is 0. The molecule has 0 spiro atoms. The van der Waals surface area contributed by atoms with Crippen LogP contribution in [0.5, 0.6) is 0 Å². The minimum Gasteiger partial charge on any atom is -0.457 e. The maximum absolute atomic E-state index is 10.7. The maximum atomic E-state index is 10.7. The fourth-order valence-electron chi connectivity index (χ4n) is 1.97. The normalized spacial score (nSPS) is 43.2. The highest BCUT2D eigenvalue weighted by Gasteiger charge is 2.47. The van der Waals surface area contributed by atoms with Gasteiger partial charge >= 0.3 is 5.97 Å². The van der Waals surface area contributed by atoms with Gasteiger partial charge in [-0.2, -0.15) is 0 Å². The quantitative estimate of drug-likeness (QED) is 0.554. The number of fused-ring (bicyclic) bond motifs is 1. The highest BCUT2D eigenvalue weighted by molar-refractivity contribution is 5.66. The summed E-state index contributed by atoms with van der Waals surface area (Å²) >= 11 is 0. The zero-order valence-electron chi connectivity index (χ0n) is 7.86. The Morgan fingerprint density at radius 2 is 2.00 bits per heavy atom. The first-order valence-electron chi connectivity index (χ1n) is 4.59. The fourth-order valence-corrected chi connectivity index (χ4v) is 1.97. The third-order valence-corrected chi connectivity index (χ3v) is 2.57. The molecule has 4 atom stereocenters. The summed E-state index contributed by atoms with van der Waals surface area (Å²) in [7, 11) is 0. The van der Waals surface area contributed by atoms with Crippen LogP contribution in [0.25, 0.3) is 0 Å². The summed E-state index contributed by atoms with van der Waals surface area (Å²) in [5.74, 6) is 0.142. The average molecular weight is 186 g/mol. The second-order valence-corrected chi connectivity index (χ2v) is 3.72. The molecule has 4 unspecified atom stereocenters. The molecule has 0 bridgehead atoms. The minimum absolute atomic E-state index is 0.0427. The van der Waals surface area contributed by atoms with Crippen LogP contribution < -0.4 is 0 Å². The largest absolute Gasteiger partial charge is 0.457 e. The molecule has 2 heterocycles. The summed E-state index contributed by atoms with van der Waals surface area (Å²) in [5.41, 5.74) is 0. The Morgan fingerprint density at radius 1 is 1.31 bits per heavy atom.